The number of aromatic nitrogens is 1. The molecule has 1 aliphatic heterocycles. The minimum absolute atomic E-state index is 0.0169. The van der Waals surface area contributed by atoms with Crippen molar-refractivity contribution in [3.05, 3.63) is 52.3 Å². The molecule has 1 aromatic heterocycles. The molecule has 3 amide bonds. The number of primary amides is 1. The van der Waals surface area contributed by atoms with Crippen molar-refractivity contribution in [2.75, 3.05) is 5.32 Å². The van der Waals surface area contributed by atoms with Crippen LogP contribution < -0.4 is 16.4 Å². The molecule has 34 heavy (non-hydrogen) atoms. The second-order valence-electron chi connectivity index (χ2n) is 8.57. The summed E-state index contributed by atoms with van der Waals surface area (Å²) in [5.41, 5.74) is 3.68. The Labute approximate surface area is 190 Å². The van der Waals surface area contributed by atoms with Gasteiger partial charge in [-0.2, -0.15) is 0 Å². The number of halogens is 4. The average molecular weight is 480 g/mol. The molecule has 1 fully saturated rings. The van der Waals surface area contributed by atoms with Gasteiger partial charge in [-0.1, -0.05) is 0 Å². The summed E-state index contributed by atoms with van der Waals surface area (Å²) < 4.78 is 55.0. The third-order valence-corrected chi connectivity index (χ3v) is 6.18. The van der Waals surface area contributed by atoms with Crippen LogP contribution in [0.1, 0.15) is 51.4 Å². The molecule has 0 radical (unpaired) electrons. The second-order valence-corrected chi connectivity index (χ2v) is 8.57. The van der Waals surface area contributed by atoms with Crippen molar-refractivity contribution in [1.29, 1.82) is 0 Å². The normalized spacial score (nSPS) is 17.4. The van der Waals surface area contributed by atoms with E-state index >= 15 is 0 Å². The number of carbonyl (C=O) groups excluding carboxylic acids is 4. The van der Waals surface area contributed by atoms with Crippen molar-refractivity contribution in [2.24, 2.45) is 5.73 Å². The van der Waals surface area contributed by atoms with Gasteiger partial charge in [0, 0.05) is 36.8 Å². The lowest BCUT2D eigenvalue weighted by Crippen LogP contribution is -2.69. The number of Topliss-reactive ketones (excluding diaryl/α,β-unsaturated/α-hetero) is 1. The highest BCUT2D eigenvalue weighted by Gasteiger charge is 2.61. The number of amides is 3. The van der Waals surface area contributed by atoms with Gasteiger partial charge in [-0.3, -0.25) is 19.2 Å². The Morgan fingerprint density at radius 1 is 1.09 bits per heavy atom. The van der Waals surface area contributed by atoms with Gasteiger partial charge in [-0.25, -0.2) is 17.6 Å². The van der Waals surface area contributed by atoms with Crippen molar-refractivity contribution in [3.8, 4) is 0 Å². The number of alkyl halides is 2. The standard InChI is InChI=1S/C22H20F4N4O4/c1-10-15(17(31)19(33)29-21(20(27)34)8-22(25,26)9-21)14-3-2-6-30(14)16(10)18(32)28-11-4-5-12(23)13(24)7-11/h4-5,7H,2-3,6,8-9H2,1H3,(H2,27,34)(H,28,32)(H,29,33). The van der Waals surface area contributed by atoms with Crippen molar-refractivity contribution < 1.29 is 36.7 Å². The van der Waals surface area contributed by atoms with Gasteiger partial charge in [0.2, 0.25) is 5.91 Å². The quantitative estimate of drug-likeness (QED) is 0.333. The first-order valence-corrected chi connectivity index (χ1v) is 10.4. The van der Waals surface area contributed by atoms with E-state index in [-0.39, 0.29) is 22.5 Å². The predicted molar refractivity (Wildman–Crippen MR) is 110 cm³/mol. The molecule has 8 nitrogen and oxygen atoms in total. The molecule has 0 spiro atoms. The molecule has 2 aromatic rings. The molecular formula is C22H20F4N4O4. The van der Waals surface area contributed by atoms with Crippen LogP contribution in [0.15, 0.2) is 18.2 Å². The van der Waals surface area contributed by atoms with E-state index in [0.29, 0.717) is 25.1 Å². The summed E-state index contributed by atoms with van der Waals surface area (Å²) in [4.78, 5) is 50.3. The molecule has 1 aliphatic carbocycles. The molecule has 0 bridgehead atoms. The first-order chi connectivity index (χ1) is 15.8. The van der Waals surface area contributed by atoms with Crippen molar-refractivity contribution in [1.82, 2.24) is 9.88 Å². The van der Waals surface area contributed by atoms with E-state index in [1.54, 1.807) is 4.57 Å². The summed E-state index contributed by atoms with van der Waals surface area (Å²) >= 11 is 0. The molecular weight excluding hydrogens is 460 g/mol. The maximum atomic E-state index is 13.5. The van der Waals surface area contributed by atoms with Gasteiger partial charge in [0.15, 0.2) is 11.6 Å². The van der Waals surface area contributed by atoms with E-state index < -0.39 is 59.4 Å². The molecule has 4 rings (SSSR count). The molecule has 1 aromatic carbocycles. The molecule has 12 heteroatoms. The largest absolute Gasteiger partial charge is 0.368 e. The van der Waals surface area contributed by atoms with E-state index in [2.05, 4.69) is 10.6 Å². The van der Waals surface area contributed by atoms with Gasteiger partial charge in [-0.05, 0) is 37.5 Å². The highest BCUT2D eigenvalue weighted by molar-refractivity contribution is 6.44. The number of fused-ring (bicyclic) bond motifs is 1. The molecule has 180 valence electrons. The highest BCUT2D eigenvalue weighted by atomic mass is 19.3. The molecule has 0 saturated heterocycles. The fourth-order valence-electron chi connectivity index (χ4n) is 4.62. The SMILES string of the molecule is Cc1c(C(=O)C(=O)NC2(C(N)=O)CC(F)(F)C2)c2n(c1C(=O)Nc1ccc(F)c(F)c1)CCC2. The van der Waals surface area contributed by atoms with Crippen LogP contribution in [0.4, 0.5) is 23.2 Å². The Balaban J connectivity index is 1.62. The number of nitrogens with zero attached hydrogens (tertiary/aromatic N) is 1. The van der Waals surface area contributed by atoms with Crippen LogP contribution >= 0.6 is 0 Å². The van der Waals surface area contributed by atoms with E-state index in [1.165, 1.54) is 6.92 Å². The average Bonchev–Trinajstić information content (AvgIpc) is 3.27. The van der Waals surface area contributed by atoms with E-state index in [1.807, 2.05) is 0 Å². The first kappa shape index (κ1) is 23.5. The molecule has 4 N–H and O–H groups in total. The Bertz CT molecular complexity index is 1250. The lowest BCUT2D eigenvalue weighted by atomic mass is 9.72. The Morgan fingerprint density at radius 3 is 2.35 bits per heavy atom. The maximum absolute atomic E-state index is 13.5. The summed E-state index contributed by atoms with van der Waals surface area (Å²) in [5, 5.41) is 4.50. The van der Waals surface area contributed by atoms with Crippen molar-refractivity contribution in [3.63, 3.8) is 0 Å². The van der Waals surface area contributed by atoms with Gasteiger partial charge in [0.25, 0.3) is 23.5 Å². The Kier molecular flexibility index (Phi) is 5.49. The fraction of sp³-hybridized carbons (Fsp3) is 0.364. The minimum Gasteiger partial charge on any atom is -0.368 e. The number of nitrogens with two attached hydrogens (primary N) is 1. The van der Waals surface area contributed by atoms with E-state index in [9.17, 15) is 36.7 Å². The highest BCUT2D eigenvalue weighted by Crippen LogP contribution is 2.45. The van der Waals surface area contributed by atoms with Gasteiger partial charge in [0.05, 0.1) is 5.56 Å². The number of carbonyl (C=O) groups is 4. The van der Waals surface area contributed by atoms with Crippen LogP contribution in [0.25, 0.3) is 0 Å². The number of anilines is 1. The van der Waals surface area contributed by atoms with E-state index in [4.69, 9.17) is 5.73 Å². The minimum atomic E-state index is -3.19. The third kappa shape index (κ3) is 3.82. The van der Waals surface area contributed by atoms with Crippen LogP contribution in [0.5, 0.6) is 0 Å². The van der Waals surface area contributed by atoms with Crippen LogP contribution in [0.2, 0.25) is 0 Å². The van der Waals surface area contributed by atoms with Crippen LogP contribution in [0.3, 0.4) is 0 Å². The smallest absolute Gasteiger partial charge is 0.293 e. The molecule has 0 atom stereocenters. The van der Waals surface area contributed by atoms with Gasteiger partial charge >= 0.3 is 0 Å². The Hall–Kier alpha value is -3.70. The number of nitrogens with one attached hydrogen (secondary N) is 2. The van der Waals surface area contributed by atoms with Crippen LogP contribution in [-0.2, 0) is 22.6 Å². The number of rotatable bonds is 6. The lowest BCUT2D eigenvalue weighted by molar-refractivity contribution is -0.162. The summed E-state index contributed by atoms with van der Waals surface area (Å²) in [7, 11) is 0. The van der Waals surface area contributed by atoms with Gasteiger partial charge in [-0.15, -0.1) is 0 Å². The lowest BCUT2D eigenvalue weighted by Gasteiger charge is -2.44. The zero-order valence-corrected chi connectivity index (χ0v) is 17.9. The van der Waals surface area contributed by atoms with Crippen molar-refractivity contribution >= 4 is 29.2 Å². The number of benzene rings is 1. The fourth-order valence-corrected chi connectivity index (χ4v) is 4.62. The number of hydrogen-bond acceptors (Lipinski definition) is 4. The zero-order valence-electron chi connectivity index (χ0n) is 17.9. The van der Waals surface area contributed by atoms with Crippen LogP contribution in [0, 0.1) is 18.6 Å². The summed E-state index contributed by atoms with van der Waals surface area (Å²) in [5.74, 6) is -9.70. The Morgan fingerprint density at radius 2 is 1.76 bits per heavy atom. The third-order valence-electron chi connectivity index (χ3n) is 6.18. The summed E-state index contributed by atoms with van der Waals surface area (Å²) in [6, 6.07) is 2.81. The monoisotopic (exact) mass is 480 g/mol. The zero-order chi connectivity index (χ0) is 25.0. The molecule has 1 saturated carbocycles. The topological polar surface area (TPSA) is 123 Å². The molecule has 2 heterocycles. The summed E-state index contributed by atoms with van der Waals surface area (Å²) in [6.45, 7) is 1.80. The summed E-state index contributed by atoms with van der Waals surface area (Å²) in [6.07, 6.45) is -1.08. The predicted octanol–water partition coefficient (Wildman–Crippen LogP) is 2.23. The number of ketones is 1. The number of hydrogen-bond donors (Lipinski definition) is 3. The van der Waals surface area contributed by atoms with Crippen LogP contribution in [-0.4, -0.2) is 39.5 Å². The van der Waals surface area contributed by atoms with Gasteiger partial charge < -0.3 is 20.9 Å². The maximum Gasteiger partial charge on any atom is 0.293 e. The van der Waals surface area contributed by atoms with Gasteiger partial charge in [0.1, 0.15) is 11.2 Å². The van der Waals surface area contributed by atoms with E-state index in [0.717, 1.165) is 18.2 Å². The van der Waals surface area contributed by atoms with Crippen molar-refractivity contribution in [2.45, 2.75) is 50.6 Å². The molecule has 2 aliphatic rings. The second kappa shape index (κ2) is 7.96. The molecule has 0 unspecified atom stereocenters. The first-order valence-electron chi connectivity index (χ1n) is 10.4.